The maximum atomic E-state index is 6.26. The minimum atomic E-state index is 0.436. The number of nitrogens with one attached hydrogen (secondary N) is 2. The highest BCUT2D eigenvalue weighted by atomic mass is 16.5. The lowest BCUT2D eigenvalue weighted by Crippen LogP contribution is -2.11. The Morgan fingerprint density at radius 3 is 2.34 bits per heavy atom. The molecule has 0 radical (unpaired) electrons. The number of ether oxygens (including phenoxy) is 3. The van der Waals surface area contributed by atoms with Crippen LogP contribution in [0.5, 0.6) is 17.2 Å². The molecule has 0 aliphatic heterocycles. The molecule has 0 aliphatic rings. The molecule has 0 unspecified atom stereocenters. The van der Waals surface area contributed by atoms with Gasteiger partial charge in [0, 0.05) is 6.54 Å². The van der Waals surface area contributed by atoms with E-state index in [2.05, 4.69) is 20.6 Å². The number of nitrogen functional groups attached to an aromatic ring is 1. The fourth-order valence-corrected chi connectivity index (χ4v) is 2.87. The number of rotatable bonds is 9. The van der Waals surface area contributed by atoms with E-state index in [1.807, 2.05) is 42.5 Å². The molecule has 0 amide bonds. The first-order chi connectivity index (χ1) is 14.2. The molecule has 8 heteroatoms. The lowest BCUT2D eigenvalue weighted by molar-refractivity contribution is 0.354. The molecule has 0 fully saturated rings. The van der Waals surface area contributed by atoms with Crippen molar-refractivity contribution in [1.29, 1.82) is 0 Å². The van der Waals surface area contributed by atoms with Gasteiger partial charge >= 0.3 is 0 Å². The van der Waals surface area contributed by atoms with Crippen molar-refractivity contribution < 1.29 is 14.2 Å². The molecule has 8 nitrogen and oxygen atoms in total. The Labute approximate surface area is 170 Å². The van der Waals surface area contributed by atoms with Crippen molar-refractivity contribution in [3.63, 3.8) is 0 Å². The van der Waals surface area contributed by atoms with Gasteiger partial charge in [0.05, 0.1) is 27.0 Å². The van der Waals surface area contributed by atoms with Crippen LogP contribution in [0.3, 0.4) is 0 Å². The Balaban J connectivity index is 1.67. The SMILES string of the molecule is COc1ccccc1Nc1ncnc(NCCc2ccc(OC)c(OC)c2)c1N. The fourth-order valence-electron chi connectivity index (χ4n) is 2.87. The van der Waals surface area contributed by atoms with Gasteiger partial charge in [-0.3, -0.25) is 0 Å². The summed E-state index contributed by atoms with van der Waals surface area (Å²) in [6.07, 6.45) is 2.23. The first kappa shape index (κ1) is 20.1. The zero-order chi connectivity index (χ0) is 20.6. The number of hydrogen-bond acceptors (Lipinski definition) is 8. The number of benzene rings is 2. The van der Waals surface area contributed by atoms with Crippen molar-refractivity contribution in [3.8, 4) is 17.2 Å². The van der Waals surface area contributed by atoms with Gasteiger partial charge in [-0.25, -0.2) is 9.97 Å². The van der Waals surface area contributed by atoms with Gasteiger partial charge < -0.3 is 30.6 Å². The van der Waals surface area contributed by atoms with Gasteiger partial charge in [0.1, 0.15) is 17.8 Å². The van der Waals surface area contributed by atoms with Crippen molar-refractivity contribution in [2.75, 3.05) is 44.2 Å². The molecular weight excluding hydrogens is 370 g/mol. The highest BCUT2D eigenvalue weighted by Crippen LogP contribution is 2.31. The van der Waals surface area contributed by atoms with Crippen molar-refractivity contribution >= 4 is 23.0 Å². The van der Waals surface area contributed by atoms with Gasteiger partial charge in [-0.05, 0) is 36.2 Å². The summed E-state index contributed by atoms with van der Waals surface area (Å²) in [5.41, 5.74) is 8.58. The quantitative estimate of drug-likeness (QED) is 0.506. The van der Waals surface area contributed by atoms with E-state index in [-0.39, 0.29) is 0 Å². The van der Waals surface area contributed by atoms with Crippen LogP contribution in [0.2, 0.25) is 0 Å². The molecule has 0 saturated carbocycles. The molecule has 0 saturated heterocycles. The third-order valence-electron chi connectivity index (χ3n) is 4.40. The summed E-state index contributed by atoms with van der Waals surface area (Å²) in [5.74, 6) is 3.19. The Hall–Kier alpha value is -3.68. The Kier molecular flexibility index (Phi) is 6.57. The standard InChI is InChI=1S/C21H25N5O3/c1-27-16-7-5-4-6-15(16)26-21-19(22)20(24-13-25-21)23-11-10-14-8-9-17(28-2)18(12-14)29-3/h4-9,12-13H,10-11,22H2,1-3H3,(H2,23,24,25,26). The third kappa shape index (κ3) is 4.78. The monoisotopic (exact) mass is 395 g/mol. The van der Waals surface area contributed by atoms with E-state index in [1.54, 1.807) is 21.3 Å². The second kappa shape index (κ2) is 9.50. The maximum absolute atomic E-state index is 6.26. The number of hydrogen-bond donors (Lipinski definition) is 3. The van der Waals surface area contributed by atoms with Crippen LogP contribution in [-0.2, 0) is 6.42 Å². The molecule has 3 aromatic rings. The van der Waals surface area contributed by atoms with Crippen LogP contribution in [0, 0.1) is 0 Å². The smallest absolute Gasteiger partial charge is 0.160 e. The van der Waals surface area contributed by atoms with Crippen molar-refractivity contribution in [3.05, 3.63) is 54.4 Å². The molecule has 3 rings (SSSR count). The summed E-state index contributed by atoms with van der Waals surface area (Å²) in [4.78, 5) is 8.50. The third-order valence-corrected chi connectivity index (χ3v) is 4.40. The van der Waals surface area contributed by atoms with Crippen molar-refractivity contribution in [1.82, 2.24) is 9.97 Å². The van der Waals surface area contributed by atoms with Gasteiger partial charge in [0.2, 0.25) is 0 Å². The van der Waals surface area contributed by atoms with Gasteiger partial charge in [0.25, 0.3) is 0 Å². The van der Waals surface area contributed by atoms with Gasteiger partial charge in [0.15, 0.2) is 23.1 Å². The van der Waals surface area contributed by atoms with Crippen LogP contribution in [0.25, 0.3) is 0 Å². The Morgan fingerprint density at radius 2 is 1.59 bits per heavy atom. The topological polar surface area (TPSA) is 104 Å². The number of nitrogens with zero attached hydrogens (tertiary/aromatic N) is 2. The predicted molar refractivity (Wildman–Crippen MR) is 114 cm³/mol. The Bertz CT molecular complexity index is 965. The van der Waals surface area contributed by atoms with E-state index in [4.69, 9.17) is 19.9 Å². The highest BCUT2D eigenvalue weighted by Gasteiger charge is 2.11. The van der Waals surface area contributed by atoms with E-state index in [9.17, 15) is 0 Å². The number of para-hydroxylation sites is 2. The molecule has 0 atom stereocenters. The lowest BCUT2D eigenvalue weighted by Gasteiger charge is -2.14. The number of anilines is 4. The summed E-state index contributed by atoms with van der Waals surface area (Å²) in [5, 5.41) is 6.46. The lowest BCUT2D eigenvalue weighted by atomic mass is 10.1. The fraction of sp³-hybridized carbons (Fsp3) is 0.238. The zero-order valence-corrected chi connectivity index (χ0v) is 16.7. The minimum absolute atomic E-state index is 0.436. The summed E-state index contributed by atoms with van der Waals surface area (Å²) >= 11 is 0. The van der Waals surface area contributed by atoms with E-state index in [0.717, 1.165) is 17.7 Å². The second-order valence-corrected chi connectivity index (χ2v) is 6.18. The molecule has 29 heavy (non-hydrogen) atoms. The average molecular weight is 395 g/mol. The number of methoxy groups -OCH3 is 3. The van der Waals surface area contributed by atoms with Gasteiger partial charge in [-0.1, -0.05) is 18.2 Å². The summed E-state index contributed by atoms with van der Waals surface area (Å²) in [6.45, 7) is 0.644. The van der Waals surface area contributed by atoms with E-state index >= 15 is 0 Å². The first-order valence-corrected chi connectivity index (χ1v) is 9.11. The highest BCUT2D eigenvalue weighted by molar-refractivity contribution is 5.79. The Morgan fingerprint density at radius 1 is 0.862 bits per heavy atom. The molecule has 0 aliphatic carbocycles. The van der Waals surface area contributed by atoms with E-state index in [0.29, 0.717) is 41.1 Å². The largest absolute Gasteiger partial charge is 0.495 e. The summed E-state index contributed by atoms with van der Waals surface area (Å²) < 4.78 is 16.0. The van der Waals surface area contributed by atoms with Crippen LogP contribution >= 0.6 is 0 Å². The van der Waals surface area contributed by atoms with Gasteiger partial charge in [-0.2, -0.15) is 0 Å². The normalized spacial score (nSPS) is 10.3. The molecule has 4 N–H and O–H groups in total. The summed E-state index contributed by atoms with van der Waals surface area (Å²) in [7, 11) is 4.86. The van der Waals surface area contributed by atoms with E-state index < -0.39 is 0 Å². The molecule has 1 heterocycles. The molecular formula is C21H25N5O3. The van der Waals surface area contributed by atoms with Gasteiger partial charge in [-0.15, -0.1) is 0 Å². The average Bonchev–Trinajstić information content (AvgIpc) is 2.76. The maximum Gasteiger partial charge on any atom is 0.160 e. The molecule has 0 spiro atoms. The number of nitrogens with two attached hydrogens (primary N) is 1. The molecule has 152 valence electrons. The van der Waals surface area contributed by atoms with Crippen LogP contribution < -0.4 is 30.6 Å². The van der Waals surface area contributed by atoms with Crippen LogP contribution in [0.15, 0.2) is 48.8 Å². The molecule has 0 bridgehead atoms. The molecule has 1 aromatic heterocycles. The van der Waals surface area contributed by atoms with Crippen LogP contribution in [-0.4, -0.2) is 37.8 Å². The van der Waals surface area contributed by atoms with Crippen LogP contribution in [0.4, 0.5) is 23.0 Å². The number of aromatic nitrogens is 2. The minimum Gasteiger partial charge on any atom is -0.495 e. The summed E-state index contributed by atoms with van der Waals surface area (Å²) in [6, 6.07) is 13.4. The van der Waals surface area contributed by atoms with E-state index in [1.165, 1.54) is 6.33 Å². The second-order valence-electron chi connectivity index (χ2n) is 6.18. The van der Waals surface area contributed by atoms with Crippen LogP contribution in [0.1, 0.15) is 5.56 Å². The van der Waals surface area contributed by atoms with Crippen molar-refractivity contribution in [2.45, 2.75) is 6.42 Å². The first-order valence-electron chi connectivity index (χ1n) is 9.11. The predicted octanol–water partition coefficient (Wildman–Crippen LogP) is 3.48. The molecule has 2 aromatic carbocycles. The zero-order valence-electron chi connectivity index (χ0n) is 16.7. The van der Waals surface area contributed by atoms with Crippen molar-refractivity contribution in [2.24, 2.45) is 0 Å².